The van der Waals surface area contributed by atoms with E-state index in [1.807, 2.05) is 0 Å². The van der Waals surface area contributed by atoms with Crippen LogP contribution in [0.2, 0.25) is 0 Å². The van der Waals surface area contributed by atoms with Crippen molar-refractivity contribution in [3.8, 4) is 5.75 Å². The molecular formula is C24H22FN3O5S. The Balaban J connectivity index is 1.52. The molecule has 34 heavy (non-hydrogen) atoms. The van der Waals surface area contributed by atoms with Crippen LogP contribution in [0.5, 0.6) is 5.75 Å². The molecule has 0 spiro atoms. The van der Waals surface area contributed by atoms with E-state index < -0.39 is 21.7 Å². The van der Waals surface area contributed by atoms with Crippen molar-refractivity contribution in [1.82, 2.24) is 4.31 Å². The molecule has 2 amide bonds. The predicted octanol–water partition coefficient (Wildman–Crippen LogP) is 3.25. The molecule has 1 aliphatic heterocycles. The highest BCUT2D eigenvalue weighted by atomic mass is 32.2. The number of benzene rings is 3. The third kappa shape index (κ3) is 4.63. The highest BCUT2D eigenvalue weighted by Crippen LogP contribution is 2.35. The zero-order valence-corrected chi connectivity index (χ0v) is 19.3. The van der Waals surface area contributed by atoms with Gasteiger partial charge < -0.3 is 15.0 Å². The second-order valence-electron chi connectivity index (χ2n) is 7.81. The van der Waals surface area contributed by atoms with Gasteiger partial charge in [0.2, 0.25) is 10.0 Å². The van der Waals surface area contributed by atoms with Crippen molar-refractivity contribution in [1.29, 1.82) is 0 Å². The van der Waals surface area contributed by atoms with Crippen LogP contribution in [0, 0.1) is 5.82 Å². The zero-order chi connectivity index (χ0) is 24.5. The summed E-state index contributed by atoms with van der Waals surface area (Å²) in [6.45, 7) is -0.156. The van der Waals surface area contributed by atoms with E-state index in [1.165, 1.54) is 49.3 Å². The topological polar surface area (TPSA) is 96.0 Å². The van der Waals surface area contributed by atoms with Gasteiger partial charge in [-0.3, -0.25) is 9.59 Å². The number of ether oxygens (including phenoxy) is 1. The van der Waals surface area contributed by atoms with E-state index in [-0.39, 0.29) is 29.5 Å². The molecule has 3 aromatic carbocycles. The summed E-state index contributed by atoms with van der Waals surface area (Å²) >= 11 is 0. The maximum absolute atomic E-state index is 14.1. The average Bonchev–Trinajstić information content (AvgIpc) is 2.82. The summed E-state index contributed by atoms with van der Waals surface area (Å²) in [4.78, 5) is 26.6. The fraction of sp³-hybridized carbons (Fsp3) is 0.167. The fourth-order valence-electron chi connectivity index (χ4n) is 3.44. The first kappa shape index (κ1) is 23.4. The van der Waals surface area contributed by atoms with Crippen molar-refractivity contribution in [3.63, 3.8) is 0 Å². The van der Waals surface area contributed by atoms with Gasteiger partial charge in [-0.2, -0.15) is 0 Å². The molecular weight excluding hydrogens is 461 g/mol. The highest BCUT2D eigenvalue weighted by molar-refractivity contribution is 7.89. The maximum Gasteiger partial charge on any atom is 0.265 e. The van der Waals surface area contributed by atoms with E-state index >= 15 is 0 Å². The normalized spacial score (nSPS) is 13.4. The summed E-state index contributed by atoms with van der Waals surface area (Å²) in [6, 6.07) is 16.6. The predicted molar refractivity (Wildman–Crippen MR) is 125 cm³/mol. The number of rotatable bonds is 6. The molecule has 0 fully saturated rings. The molecule has 10 heteroatoms. The van der Waals surface area contributed by atoms with E-state index in [0.29, 0.717) is 22.7 Å². The third-order valence-electron chi connectivity index (χ3n) is 5.34. The number of anilines is 2. The monoisotopic (exact) mass is 483 g/mol. The van der Waals surface area contributed by atoms with Crippen LogP contribution < -0.4 is 15.0 Å². The number of sulfonamides is 1. The minimum absolute atomic E-state index is 0.0514. The van der Waals surface area contributed by atoms with Gasteiger partial charge in [0, 0.05) is 37.0 Å². The molecule has 176 valence electrons. The first-order chi connectivity index (χ1) is 16.2. The number of carbonyl (C=O) groups is 2. The minimum atomic E-state index is -3.59. The highest BCUT2D eigenvalue weighted by Gasteiger charge is 2.27. The molecule has 0 bridgehead atoms. The molecule has 0 unspecified atom stereocenters. The lowest BCUT2D eigenvalue weighted by molar-refractivity contribution is -0.121. The number of hydrogen-bond acceptors (Lipinski definition) is 5. The molecule has 3 aromatic rings. The molecule has 0 radical (unpaired) electrons. The van der Waals surface area contributed by atoms with E-state index in [9.17, 15) is 22.4 Å². The number of nitrogens with zero attached hydrogens (tertiary/aromatic N) is 2. The molecule has 1 N–H and O–H groups in total. The summed E-state index contributed by atoms with van der Waals surface area (Å²) in [5.41, 5.74) is 1.54. The van der Waals surface area contributed by atoms with Crippen molar-refractivity contribution in [2.45, 2.75) is 11.4 Å². The van der Waals surface area contributed by atoms with Crippen LogP contribution in [0.15, 0.2) is 71.6 Å². The first-order valence-electron chi connectivity index (χ1n) is 10.3. The molecule has 0 aliphatic carbocycles. The summed E-state index contributed by atoms with van der Waals surface area (Å²) < 4.78 is 45.1. The molecule has 1 aliphatic rings. The first-order valence-corrected chi connectivity index (χ1v) is 11.8. The fourth-order valence-corrected chi connectivity index (χ4v) is 4.35. The van der Waals surface area contributed by atoms with Gasteiger partial charge in [0.25, 0.3) is 11.8 Å². The van der Waals surface area contributed by atoms with E-state index in [0.717, 1.165) is 4.31 Å². The van der Waals surface area contributed by atoms with Gasteiger partial charge in [-0.15, -0.1) is 0 Å². The number of fused-ring (bicyclic) bond motifs is 1. The average molecular weight is 484 g/mol. The summed E-state index contributed by atoms with van der Waals surface area (Å²) in [5.74, 6) is -0.776. The molecule has 0 aromatic heterocycles. The number of halogens is 1. The van der Waals surface area contributed by atoms with Gasteiger partial charge in [0.1, 0.15) is 11.6 Å². The lowest BCUT2D eigenvalue weighted by atomic mass is 10.1. The van der Waals surface area contributed by atoms with Crippen molar-refractivity contribution >= 4 is 33.2 Å². The molecule has 1 heterocycles. The second-order valence-corrected chi connectivity index (χ2v) is 9.96. The maximum atomic E-state index is 14.1. The Morgan fingerprint density at radius 1 is 1.09 bits per heavy atom. The molecule has 4 rings (SSSR count). The Morgan fingerprint density at radius 2 is 1.79 bits per heavy atom. The van der Waals surface area contributed by atoms with Crippen LogP contribution in [0.1, 0.15) is 15.9 Å². The Kier molecular flexibility index (Phi) is 6.36. The van der Waals surface area contributed by atoms with Crippen molar-refractivity contribution < 1.29 is 27.1 Å². The Morgan fingerprint density at radius 3 is 2.47 bits per heavy atom. The van der Waals surface area contributed by atoms with Gasteiger partial charge in [0.15, 0.2) is 6.61 Å². The van der Waals surface area contributed by atoms with Crippen LogP contribution in [0.4, 0.5) is 15.8 Å². The molecule has 0 atom stereocenters. The summed E-state index contributed by atoms with van der Waals surface area (Å²) in [7, 11) is -0.735. The summed E-state index contributed by atoms with van der Waals surface area (Å²) in [6.07, 6.45) is 0. The van der Waals surface area contributed by atoms with E-state index in [4.69, 9.17) is 4.74 Å². The SMILES string of the molecule is CN(C)S(=O)(=O)c1ccc(C(=O)Nc2ccc3c(c2)OCC(=O)N3Cc2ccccc2F)cc1. The third-order valence-corrected chi connectivity index (χ3v) is 7.17. The number of nitrogens with one attached hydrogen (secondary N) is 1. The Labute approximate surface area is 196 Å². The zero-order valence-electron chi connectivity index (χ0n) is 18.5. The van der Waals surface area contributed by atoms with Crippen LogP contribution in [0.3, 0.4) is 0 Å². The van der Waals surface area contributed by atoms with Crippen LogP contribution in [-0.4, -0.2) is 45.2 Å². The van der Waals surface area contributed by atoms with Gasteiger partial charge >= 0.3 is 0 Å². The Bertz CT molecular complexity index is 1360. The van der Waals surface area contributed by atoms with Crippen molar-refractivity contribution in [2.75, 3.05) is 30.9 Å². The van der Waals surface area contributed by atoms with Gasteiger partial charge in [-0.1, -0.05) is 18.2 Å². The molecule has 0 saturated heterocycles. The largest absolute Gasteiger partial charge is 0.481 e. The van der Waals surface area contributed by atoms with Gasteiger partial charge in [-0.25, -0.2) is 17.1 Å². The standard InChI is InChI=1S/C24H22FN3O5S/c1-27(2)34(31,32)19-10-7-16(8-11-19)24(30)26-18-9-12-21-22(13-18)33-15-23(29)28(21)14-17-5-3-4-6-20(17)25/h3-13H,14-15H2,1-2H3,(H,26,30). The van der Waals surface area contributed by atoms with Crippen molar-refractivity contribution in [2.24, 2.45) is 0 Å². The number of amides is 2. The number of hydrogen-bond donors (Lipinski definition) is 1. The van der Waals surface area contributed by atoms with E-state index in [1.54, 1.807) is 36.4 Å². The molecule has 8 nitrogen and oxygen atoms in total. The van der Waals surface area contributed by atoms with Gasteiger partial charge in [0.05, 0.1) is 17.1 Å². The Hall–Kier alpha value is -3.76. The molecule has 0 saturated carbocycles. The van der Waals surface area contributed by atoms with Crippen molar-refractivity contribution in [3.05, 3.63) is 83.7 Å². The smallest absolute Gasteiger partial charge is 0.265 e. The lowest BCUT2D eigenvalue weighted by Crippen LogP contribution is -2.38. The number of carbonyl (C=O) groups excluding carboxylic acids is 2. The lowest BCUT2D eigenvalue weighted by Gasteiger charge is -2.30. The van der Waals surface area contributed by atoms with Crippen LogP contribution >= 0.6 is 0 Å². The summed E-state index contributed by atoms with van der Waals surface area (Å²) in [5, 5.41) is 2.73. The van der Waals surface area contributed by atoms with Crippen LogP contribution in [0.25, 0.3) is 0 Å². The van der Waals surface area contributed by atoms with Gasteiger partial charge in [-0.05, 0) is 42.5 Å². The minimum Gasteiger partial charge on any atom is -0.481 e. The van der Waals surface area contributed by atoms with E-state index in [2.05, 4.69) is 5.32 Å². The van der Waals surface area contributed by atoms with Crippen LogP contribution in [-0.2, 0) is 21.4 Å². The quantitative estimate of drug-likeness (QED) is 0.581. The second kappa shape index (κ2) is 9.24.